The van der Waals surface area contributed by atoms with Gasteiger partial charge in [-0.2, -0.15) is 0 Å². The number of hydrogen-bond acceptors (Lipinski definition) is 14. The van der Waals surface area contributed by atoms with E-state index in [1.165, 1.54) is 13.1 Å². The Balaban J connectivity index is 1.76. The number of fused-ring (bicyclic) bond motifs is 5. The van der Waals surface area contributed by atoms with Crippen LogP contribution in [0.25, 0.3) is 11.1 Å². The Morgan fingerprint density at radius 2 is 1.25 bits per heavy atom. The zero-order valence-corrected chi connectivity index (χ0v) is 47.8. The molecule has 1 aliphatic rings. The zero-order valence-electron chi connectivity index (χ0n) is 47.8. The van der Waals surface area contributed by atoms with Crippen LogP contribution in [0.5, 0.6) is 5.75 Å². The van der Waals surface area contributed by atoms with Crippen molar-refractivity contribution < 1.29 is 67.5 Å². The molecule has 0 saturated carbocycles. The fraction of sp³-hybridized carbons (Fsp3) is 0.544. The van der Waals surface area contributed by atoms with Gasteiger partial charge in [-0.05, 0) is 136 Å². The van der Waals surface area contributed by atoms with Gasteiger partial charge >= 0.3 is 24.4 Å². The van der Waals surface area contributed by atoms with Gasteiger partial charge in [0, 0.05) is 52.0 Å². The Kier molecular flexibility index (Phi) is 22.5. The summed E-state index contributed by atoms with van der Waals surface area (Å²) in [5.41, 5.74) is -1.02. The normalized spacial score (nSPS) is 17.4. The molecule has 8 amide bonds. The molecule has 0 unspecified atom stereocenters. The fourth-order valence-corrected chi connectivity index (χ4v) is 8.14. The summed E-state index contributed by atoms with van der Waals surface area (Å²) in [4.78, 5) is 112. The Hall–Kier alpha value is -7.62. The predicted octanol–water partition coefficient (Wildman–Crippen LogP) is 5.81. The summed E-state index contributed by atoms with van der Waals surface area (Å²) in [6.07, 6.45) is -5.06. The van der Waals surface area contributed by atoms with Gasteiger partial charge in [0.1, 0.15) is 52.3 Å². The number of ether oxygens (including phenoxy) is 4. The monoisotopic (exact) mass is 1100 g/mol. The number of phenolic OH excluding ortho intramolecular Hbond substituents is 1. The molecule has 0 radical (unpaired) electrons. The molecule has 0 saturated heterocycles. The highest BCUT2D eigenvalue weighted by Gasteiger charge is 2.38. The summed E-state index contributed by atoms with van der Waals surface area (Å²) in [5.74, 6) is -3.49. The van der Waals surface area contributed by atoms with Crippen LogP contribution >= 0.6 is 0 Å². The number of aliphatic hydroxyl groups is 1. The van der Waals surface area contributed by atoms with E-state index in [2.05, 4.69) is 37.2 Å². The van der Waals surface area contributed by atoms with Crippen molar-refractivity contribution in [2.24, 2.45) is 0 Å². The number of rotatable bonds is 16. The van der Waals surface area contributed by atoms with Crippen molar-refractivity contribution in [2.45, 2.75) is 174 Å². The Morgan fingerprint density at radius 1 is 0.671 bits per heavy atom. The number of nitrogens with zero attached hydrogens (tertiary/aromatic N) is 1. The molecule has 1 heterocycles. The van der Waals surface area contributed by atoms with Crippen LogP contribution in [-0.4, -0.2) is 142 Å². The third kappa shape index (κ3) is 22.7. The van der Waals surface area contributed by atoms with E-state index in [1.54, 1.807) is 150 Å². The van der Waals surface area contributed by atoms with Crippen LogP contribution in [0.4, 0.5) is 19.2 Å². The highest BCUT2D eigenvalue weighted by Crippen LogP contribution is 2.29. The van der Waals surface area contributed by atoms with Gasteiger partial charge in [-0.15, -0.1) is 0 Å². The maximum absolute atomic E-state index is 15.1. The molecule has 3 aromatic carbocycles. The minimum Gasteiger partial charge on any atom is -0.508 e. The van der Waals surface area contributed by atoms with Crippen molar-refractivity contribution >= 4 is 48.0 Å². The van der Waals surface area contributed by atoms with Crippen molar-refractivity contribution in [3.8, 4) is 16.9 Å². The molecule has 1 aliphatic heterocycles. The summed E-state index contributed by atoms with van der Waals surface area (Å²) in [6.45, 7) is 19.8. The van der Waals surface area contributed by atoms with E-state index in [0.717, 1.165) is 4.90 Å². The van der Waals surface area contributed by atoms with Gasteiger partial charge in [0.15, 0.2) is 0 Å². The number of likely N-dealkylation sites (N-methyl/N-ethyl adjacent to an activating group) is 1. The van der Waals surface area contributed by atoms with E-state index in [4.69, 9.17) is 18.9 Å². The molecule has 6 atom stereocenters. The van der Waals surface area contributed by atoms with Gasteiger partial charge in [0.05, 0.1) is 6.10 Å². The number of hydrogen-bond donors (Lipinski definition) is 9. The summed E-state index contributed by atoms with van der Waals surface area (Å²) in [5, 5.41) is 41.4. The second-order valence-corrected chi connectivity index (χ2v) is 23.5. The molecular weight excluding hydrogens is 1020 g/mol. The lowest BCUT2D eigenvalue weighted by Crippen LogP contribution is -2.59. The number of nitrogens with one attached hydrogen (secondary N) is 7. The smallest absolute Gasteiger partial charge is 0.408 e. The maximum Gasteiger partial charge on any atom is 0.408 e. The summed E-state index contributed by atoms with van der Waals surface area (Å²) >= 11 is 0. The Labute approximate surface area is 463 Å². The molecule has 0 aliphatic carbocycles. The largest absolute Gasteiger partial charge is 0.508 e. The van der Waals surface area contributed by atoms with Gasteiger partial charge in [0.25, 0.3) is 0 Å². The third-order valence-electron chi connectivity index (χ3n) is 11.6. The van der Waals surface area contributed by atoms with Gasteiger partial charge in [-0.3, -0.25) is 19.2 Å². The van der Waals surface area contributed by atoms with E-state index in [9.17, 15) is 39.0 Å². The van der Waals surface area contributed by atoms with Gasteiger partial charge in [0.2, 0.25) is 23.6 Å². The first-order chi connectivity index (χ1) is 36.6. The number of benzene rings is 3. The first-order valence-electron chi connectivity index (χ1n) is 26.4. The molecule has 4 bridgehead atoms. The van der Waals surface area contributed by atoms with Crippen LogP contribution in [0.3, 0.4) is 0 Å². The molecule has 0 fully saturated rings. The SMILES string of the molecule is CN1C(=O)[C@H](C[C@@H](O)CNC(=O)OC(C)(C)C)NC(=O)[C@@H](NC(=O)OC(C)(C)C)Cc2cc(ccc2O)-c2cccc(c2)C[C@H]1C(=O)N[C@H](C(=O)NC[C@H](CCCNC(=O)OC(C)(C)C)NC(=O)OC(C)(C)C)c1ccccc1. The molecule has 4 rings (SSSR count). The molecule has 3 aromatic rings. The standard InChI is InChI=1S/C57H82N8O14/c1-54(2,3)76-50(72)58-26-18-23-39(61-52(74)78-56(7,8)9)32-59-48(70)45(35-20-15-14-16-21-35)64-47(69)43-28-34-19-17-22-36(27-34)37-24-25-44(67)38(29-37)30-41(63-53(75)79-57(10,11)12)46(68)62-42(49(71)65(43)13)31-40(66)33-60-51(73)77-55(4,5)6/h14-17,19-22,24-25,27,29,39-43,45,66-67H,18,23,26,28,30-33H2,1-13H3,(H,58,72)(H,59,70)(H,60,73)(H,61,74)(H,62,68)(H,63,75)(H,64,69)/t39-,40+,41-,42-,43-,45-/m0/s1. The molecule has 0 aromatic heterocycles. The zero-order chi connectivity index (χ0) is 59.0. The van der Waals surface area contributed by atoms with E-state index >= 15 is 9.59 Å². The van der Waals surface area contributed by atoms with E-state index in [0.29, 0.717) is 28.7 Å². The summed E-state index contributed by atoms with van der Waals surface area (Å²) in [7, 11) is 1.33. The van der Waals surface area contributed by atoms with Crippen molar-refractivity contribution in [1.82, 2.24) is 42.1 Å². The maximum atomic E-state index is 15.1. The highest BCUT2D eigenvalue weighted by molar-refractivity contribution is 5.96. The minimum absolute atomic E-state index is 0.145. The lowest BCUT2D eigenvalue weighted by atomic mass is 9.95. The van der Waals surface area contributed by atoms with Crippen molar-refractivity contribution in [3.05, 3.63) is 89.5 Å². The number of phenols is 1. The number of carbonyl (C=O) groups is 8. The van der Waals surface area contributed by atoms with Crippen molar-refractivity contribution in [3.63, 3.8) is 0 Å². The predicted molar refractivity (Wildman–Crippen MR) is 294 cm³/mol. The summed E-state index contributed by atoms with van der Waals surface area (Å²) in [6, 6.07) is 13.5. The average molecular weight is 1100 g/mol. The number of aromatic hydroxyl groups is 1. The molecule has 79 heavy (non-hydrogen) atoms. The average Bonchev–Trinajstić information content (AvgIpc) is 3.32. The molecule has 9 N–H and O–H groups in total. The first-order valence-corrected chi connectivity index (χ1v) is 26.4. The van der Waals surface area contributed by atoms with E-state index in [1.807, 2.05) is 0 Å². The summed E-state index contributed by atoms with van der Waals surface area (Å²) < 4.78 is 21.7. The minimum atomic E-state index is -1.63. The van der Waals surface area contributed by atoms with Crippen LogP contribution in [0.1, 0.15) is 125 Å². The number of aliphatic hydroxyl groups excluding tert-OH is 1. The van der Waals surface area contributed by atoms with Crippen LogP contribution in [0.2, 0.25) is 0 Å². The van der Waals surface area contributed by atoms with Crippen LogP contribution in [0.15, 0.2) is 72.8 Å². The third-order valence-corrected chi connectivity index (χ3v) is 11.6. The van der Waals surface area contributed by atoms with Crippen LogP contribution in [-0.2, 0) is 51.0 Å². The van der Waals surface area contributed by atoms with Crippen molar-refractivity contribution in [2.75, 3.05) is 26.7 Å². The van der Waals surface area contributed by atoms with Gasteiger partial charge in [-0.1, -0.05) is 60.7 Å². The number of alkyl carbamates (subject to hydrolysis) is 4. The number of carbonyl (C=O) groups excluding carboxylic acids is 8. The molecular formula is C57H82N8O14. The molecule has 22 heteroatoms. The highest BCUT2D eigenvalue weighted by atomic mass is 16.6. The second kappa shape index (κ2) is 27.8. The lowest BCUT2D eigenvalue weighted by Gasteiger charge is -2.33. The van der Waals surface area contributed by atoms with Crippen molar-refractivity contribution in [1.29, 1.82) is 0 Å². The fourth-order valence-electron chi connectivity index (χ4n) is 8.14. The quantitative estimate of drug-likeness (QED) is 0.0604. The topological polar surface area (TPSA) is 301 Å². The Morgan fingerprint density at radius 3 is 1.87 bits per heavy atom. The van der Waals surface area contributed by atoms with Crippen LogP contribution < -0.4 is 37.2 Å². The van der Waals surface area contributed by atoms with E-state index in [-0.39, 0.29) is 43.7 Å². The van der Waals surface area contributed by atoms with Gasteiger partial charge < -0.3 is 71.3 Å². The van der Waals surface area contributed by atoms with Gasteiger partial charge in [-0.25, -0.2) is 19.2 Å². The van der Waals surface area contributed by atoms with E-state index < -0.39 is 120 Å². The Bertz CT molecular complexity index is 2600. The molecule has 0 spiro atoms. The second-order valence-electron chi connectivity index (χ2n) is 23.5. The first kappa shape index (κ1) is 63.9. The molecule has 22 nitrogen and oxygen atoms in total. The molecule has 434 valence electrons. The number of amides is 8. The lowest BCUT2D eigenvalue weighted by molar-refractivity contribution is -0.143. The van der Waals surface area contributed by atoms with Crippen LogP contribution in [0, 0.1) is 0 Å².